The second-order valence-corrected chi connectivity index (χ2v) is 4.12. The zero-order valence-corrected chi connectivity index (χ0v) is 10.4. The fraction of sp³-hybridized carbons (Fsp3) is 0.182. The molecular weight excluding hydrogens is 288 g/mol. The van der Waals surface area contributed by atoms with Crippen LogP contribution in [0, 0.1) is 0 Å². The van der Waals surface area contributed by atoms with Gasteiger partial charge in [-0.3, -0.25) is 0 Å². The molecule has 0 amide bonds. The first-order chi connectivity index (χ1) is 8.45. The monoisotopic (exact) mass is 294 g/mol. The van der Waals surface area contributed by atoms with Crippen LogP contribution in [0.4, 0.5) is 13.2 Å². The minimum atomic E-state index is -4.58. The summed E-state index contributed by atoms with van der Waals surface area (Å²) in [7, 11) is 0. The third-order valence-electron chi connectivity index (χ3n) is 2.32. The highest BCUT2D eigenvalue weighted by Crippen LogP contribution is 2.36. The Bertz CT molecular complexity index is 549. The van der Waals surface area contributed by atoms with Gasteiger partial charge in [0.2, 0.25) is 0 Å². The van der Waals surface area contributed by atoms with Crippen LogP contribution in [0.25, 0.3) is 5.69 Å². The quantitative estimate of drug-likeness (QED) is 0.756. The van der Waals surface area contributed by atoms with E-state index in [9.17, 15) is 13.2 Å². The molecule has 1 aromatic carbocycles. The predicted molar refractivity (Wildman–Crippen MR) is 63.1 cm³/mol. The van der Waals surface area contributed by atoms with Gasteiger partial charge < -0.3 is 0 Å². The Morgan fingerprint density at radius 1 is 1.17 bits per heavy atom. The number of aromatic nitrogens is 2. The molecule has 0 saturated carbocycles. The molecule has 0 spiro atoms. The van der Waals surface area contributed by atoms with E-state index in [2.05, 4.69) is 5.10 Å². The molecule has 2 nitrogen and oxygen atoms in total. The summed E-state index contributed by atoms with van der Waals surface area (Å²) in [4.78, 5) is 0. The van der Waals surface area contributed by atoms with Gasteiger partial charge in [0, 0.05) is 5.56 Å². The highest BCUT2D eigenvalue weighted by atomic mass is 35.5. The lowest BCUT2D eigenvalue weighted by Gasteiger charge is -2.03. The van der Waals surface area contributed by atoms with Crippen molar-refractivity contribution in [2.45, 2.75) is 12.1 Å². The number of halogens is 5. The molecular formula is C11H7Cl2F3N2. The molecule has 0 aliphatic heterocycles. The van der Waals surface area contributed by atoms with E-state index in [1.54, 1.807) is 30.3 Å². The van der Waals surface area contributed by atoms with Crippen molar-refractivity contribution in [1.29, 1.82) is 0 Å². The summed E-state index contributed by atoms with van der Waals surface area (Å²) in [6.07, 6.45) is -4.58. The van der Waals surface area contributed by atoms with Gasteiger partial charge in [0.1, 0.15) is 5.15 Å². The van der Waals surface area contributed by atoms with Crippen LogP contribution < -0.4 is 0 Å². The lowest BCUT2D eigenvalue weighted by Crippen LogP contribution is -2.09. The largest absolute Gasteiger partial charge is 0.435 e. The molecule has 0 fully saturated rings. The number of alkyl halides is 4. The molecule has 0 radical (unpaired) electrons. The Kier molecular flexibility index (Phi) is 3.54. The maximum atomic E-state index is 12.8. The van der Waals surface area contributed by atoms with Gasteiger partial charge in [-0.25, -0.2) is 4.68 Å². The highest BCUT2D eigenvalue weighted by molar-refractivity contribution is 6.31. The smallest absolute Gasteiger partial charge is 0.221 e. The molecule has 0 atom stereocenters. The molecule has 0 N–H and O–H groups in total. The molecule has 0 saturated heterocycles. The van der Waals surface area contributed by atoms with Crippen LogP contribution in [-0.4, -0.2) is 9.78 Å². The summed E-state index contributed by atoms with van der Waals surface area (Å²) < 4.78 is 39.3. The summed E-state index contributed by atoms with van der Waals surface area (Å²) in [5, 5.41) is 3.38. The van der Waals surface area contributed by atoms with Crippen LogP contribution >= 0.6 is 23.2 Å². The summed E-state index contributed by atoms with van der Waals surface area (Å²) in [6, 6.07) is 8.32. The first-order valence-corrected chi connectivity index (χ1v) is 5.82. The van der Waals surface area contributed by atoms with Crippen molar-refractivity contribution >= 4 is 23.2 Å². The maximum Gasteiger partial charge on any atom is 0.435 e. The Morgan fingerprint density at radius 2 is 1.78 bits per heavy atom. The van der Waals surface area contributed by atoms with Gasteiger partial charge in [-0.15, -0.1) is 11.6 Å². The van der Waals surface area contributed by atoms with Gasteiger partial charge in [-0.05, 0) is 12.1 Å². The summed E-state index contributed by atoms with van der Waals surface area (Å²) in [6.45, 7) is 0. The minimum Gasteiger partial charge on any atom is -0.221 e. The number of para-hydroxylation sites is 1. The van der Waals surface area contributed by atoms with E-state index in [1.165, 1.54) is 0 Å². The van der Waals surface area contributed by atoms with Crippen molar-refractivity contribution < 1.29 is 13.2 Å². The van der Waals surface area contributed by atoms with Crippen LogP contribution in [0.5, 0.6) is 0 Å². The molecule has 2 rings (SSSR count). The zero-order valence-electron chi connectivity index (χ0n) is 8.88. The van der Waals surface area contributed by atoms with E-state index in [-0.39, 0.29) is 16.6 Å². The van der Waals surface area contributed by atoms with E-state index in [0.717, 1.165) is 4.68 Å². The van der Waals surface area contributed by atoms with Gasteiger partial charge in [0.15, 0.2) is 5.69 Å². The van der Waals surface area contributed by atoms with Crippen molar-refractivity contribution in [2.24, 2.45) is 0 Å². The van der Waals surface area contributed by atoms with Gasteiger partial charge >= 0.3 is 6.18 Å². The average molecular weight is 295 g/mol. The summed E-state index contributed by atoms with van der Waals surface area (Å²) >= 11 is 11.4. The van der Waals surface area contributed by atoms with E-state index < -0.39 is 11.9 Å². The van der Waals surface area contributed by atoms with Gasteiger partial charge in [0.25, 0.3) is 0 Å². The predicted octanol–water partition coefficient (Wildman–Crippen LogP) is 4.28. The van der Waals surface area contributed by atoms with Gasteiger partial charge in [0.05, 0.1) is 11.6 Å². The third kappa shape index (κ3) is 2.33. The third-order valence-corrected chi connectivity index (χ3v) is 2.98. The van der Waals surface area contributed by atoms with Crippen LogP contribution in [-0.2, 0) is 12.1 Å². The number of benzene rings is 1. The highest BCUT2D eigenvalue weighted by Gasteiger charge is 2.38. The topological polar surface area (TPSA) is 17.8 Å². The second-order valence-electron chi connectivity index (χ2n) is 3.50. The van der Waals surface area contributed by atoms with E-state index in [0.29, 0.717) is 5.69 Å². The first kappa shape index (κ1) is 13.2. The number of rotatable bonds is 2. The molecule has 1 aromatic heterocycles. The molecule has 0 unspecified atom stereocenters. The van der Waals surface area contributed by atoms with Crippen LogP contribution in [0.2, 0.25) is 5.15 Å². The van der Waals surface area contributed by atoms with Crippen molar-refractivity contribution in [2.75, 3.05) is 0 Å². The van der Waals surface area contributed by atoms with Crippen molar-refractivity contribution in [3.05, 3.63) is 46.7 Å². The van der Waals surface area contributed by atoms with Gasteiger partial charge in [-0.2, -0.15) is 18.3 Å². The van der Waals surface area contributed by atoms with Crippen LogP contribution in [0.15, 0.2) is 30.3 Å². The molecule has 0 bridgehead atoms. The van der Waals surface area contributed by atoms with Crippen LogP contribution in [0.1, 0.15) is 11.3 Å². The van der Waals surface area contributed by atoms with E-state index in [1.807, 2.05) is 0 Å². The lowest BCUT2D eigenvalue weighted by atomic mass is 10.2. The minimum absolute atomic E-state index is 0.122. The number of nitrogens with zero attached hydrogens (tertiary/aromatic N) is 2. The number of hydrogen-bond acceptors (Lipinski definition) is 1. The molecule has 18 heavy (non-hydrogen) atoms. The fourth-order valence-electron chi connectivity index (χ4n) is 1.52. The SMILES string of the molecule is FC(F)(F)c1nn(-c2ccccc2)c(Cl)c1CCl. The molecule has 1 heterocycles. The Hall–Kier alpha value is -1.20. The second kappa shape index (κ2) is 4.82. The van der Waals surface area contributed by atoms with Crippen molar-refractivity contribution in [3.8, 4) is 5.69 Å². The number of hydrogen-bond donors (Lipinski definition) is 0. The van der Waals surface area contributed by atoms with Crippen molar-refractivity contribution in [1.82, 2.24) is 9.78 Å². The average Bonchev–Trinajstić information content (AvgIpc) is 2.67. The van der Waals surface area contributed by atoms with Gasteiger partial charge in [-0.1, -0.05) is 29.8 Å². The normalized spacial score (nSPS) is 11.8. The van der Waals surface area contributed by atoms with E-state index in [4.69, 9.17) is 23.2 Å². The molecule has 0 aliphatic rings. The Labute approximate surface area is 111 Å². The Morgan fingerprint density at radius 3 is 2.22 bits per heavy atom. The standard InChI is InChI=1S/C11H7Cl2F3N2/c12-6-8-9(11(14,15)16)17-18(10(8)13)7-4-2-1-3-5-7/h1-5H,6H2. The Balaban J connectivity index is 2.61. The maximum absolute atomic E-state index is 12.8. The first-order valence-electron chi connectivity index (χ1n) is 4.91. The molecule has 0 aliphatic carbocycles. The molecule has 7 heteroatoms. The summed E-state index contributed by atoms with van der Waals surface area (Å²) in [5.74, 6) is -0.347. The molecule has 2 aromatic rings. The summed E-state index contributed by atoms with van der Waals surface area (Å²) in [5.41, 5.74) is -0.814. The van der Waals surface area contributed by atoms with E-state index >= 15 is 0 Å². The van der Waals surface area contributed by atoms with Crippen molar-refractivity contribution in [3.63, 3.8) is 0 Å². The van der Waals surface area contributed by atoms with Crippen LogP contribution in [0.3, 0.4) is 0 Å². The lowest BCUT2D eigenvalue weighted by molar-refractivity contribution is -0.141. The fourth-order valence-corrected chi connectivity index (χ4v) is 2.13. The molecule has 96 valence electrons. The zero-order chi connectivity index (χ0) is 13.3.